The third kappa shape index (κ3) is 2.69. The van der Waals surface area contributed by atoms with Gasteiger partial charge in [0.05, 0.1) is 6.54 Å². The molecule has 3 rings (SSSR count). The van der Waals surface area contributed by atoms with Crippen molar-refractivity contribution in [3.63, 3.8) is 0 Å². The maximum absolute atomic E-state index is 11.9. The lowest BCUT2D eigenvalue weighted by Gasteiger charge is -2.29. The number of aliphatic hydroxyl groups excluding tert-OH is 1. The van der Waals surface area contributed by atoms with Gasteiger partial charge in [0.25, 0.3) is 0 Å². The minimum absolute atomic E-state index is 0.0514. The van der Waals surface area contributed by atoms with Gasteiger partial charge >= 0.3 is 0 Å². The third-order valence-electron chi connectivity index (χ3n) is 3.78. The molecular formula is C16H17NO4. The second-order valence-corrected chi connectivity index (χ2v) is 5.61. The quantitative estimate of drug-likeness (QED) is 0.879. The molecule has 1 saturated heterocycles. The summed E-state index contributed by atoms with van der Waals surface area (Å²) >= 11 is 0. The van der Waals surface area contributed by atoms with Crippen LogP contribution in [0.5, 0.6) is 0 Å². The van der Waals surface area contributed by atoms with Gasteiger partial charge in [-0.05, 0) is 18.1 Å². The summed E-state index contributed by atoms with van der Waals surface area (Å²) in [6.45, 7) is 1.83. The van der Waals surface area contributed by atoms with Gasteiger partial charge in [-0.3, -0.25) is 14.5 Å². The number of aliphatic hydroxyl groups is 1. The highest BCUT2D eigenvalue weighted by Crippen LogP contribution is 2.26. The number of imide groups is 1. The van der Waals surface area contributed by atoms with Crippen LogP contribution in [0.25, 0.3) is 11.0 Å². The molecule has 0 radical (unpaired) electrons. The summed E-state index contributed by atoms with van der Waals surface area (Å²) in [7, 11) is 0. The molecule has 0 aliphatic carbocycles. The van der Waals surface area contributed by atoms with E-state index in [0.29, 0.717) is 24.2 Å². The number of piperidine rings is 1. The van der Waals surface area contributed by atoms with E-state index in [1.54, 1.807) is 6.07 Å². The summed E-state index contributed by atoms with van der Waals surface area (Å²) < 4.78 is 5.56. The van der Waals surface area contributed by atoms with Crippen LogP contribution in [-0.2, 0) is 9.59 Å². The van der Waals surface area contributed by atoms with Gasteiger partial charge in [0, 0.05) is 18.2 Å². The number of para-hydroxylation sites is 1. The minimum Gasteiger partial charge on any atom is -0.458 e. The number of hydrogen-bond acceptors (Lipinski definition) is 4. The van der Waals surface area contributed by atoms with Crippen LogP contribution in [0.4, 0.5) is 0 Å². The number of amides is 2. The summed E-state index contributed by atoms with van der Waals surface area (Å²) in [5.41, 5.74) is 0.677. The summed E-state index contributed by atoms with van der Waals surface area (Å²) in [6.07, 6.45) is -0.310. The zero-order valence-corrected chi connectivity index (χ0v) is 11.8. The van der Waals surface area contributed by atoms with Crippen LogP contribution in [0, 0.1) is 5.92 Å². The Bertz CT molecular complexity index is 639. The molecule has 21 heavy (non-hydrogen) atoms. The van der Waals surface area contributed by atoms with Crippen molar-refractivity contribution in [1.29, 1.82) is 0 Å². The summed E-state index contributed by atoms with van der Waals surface area (Å²) in [5.74, 6) is -0.0113. The molecule has 5 nitrogen and oxygen atoms in total. The molecule has 2 aromatic rings. The van der Waals surface area contributed by atoms with Gasteiger partial charge in [-0.25, -0.2) is 0 Å². The first-order valence-electron chi connectivity index (χ1n) is 7.04. The van der Waals surface area contributed by atoms with Crippen LogP contribution >= 0.6 is 0 Å². The van der Waals surface area contributed by atoms with Gasteiger partial charge < -0.3 is 9.52 Å². The van der Waals surface area contributed by atoms with E-state index < -0.39 is 6.10 Å². The van der Waals surface area contributed by atoms with Crippen LogP contribution in [0.15, 0.2) is 34.7 Å². The number of furan rings is 1. The predicted molar refractivity (Wildman–Crippen MR) is 76.3 cm³/mol. The van der Waals surface area contributed by atoms with E-state index in [1.165, 1.54) is 0 Å². The smallest absolute Gasteiger partial charge is 0.229 e. The van der Waals surface area contributed by atoms with Crippen LogP contribution in [0.1, 0.15) is 31.6 Å². The number of likely N-dealkylation sites (tertiary alicyclic amines) is 1. The zero-order chi connectivity index (χ0) is 15.0. The van der Waals surface area contributed by atoms with E-state index in [4.69, 9.17) is 4.42 Å². The molecule has 1 N–H and O–H groups in total. The second-order valence-electron chi connectivity index (χ2n) is 5.61. The van der Waals surface area contributed by atoms with Gasteiger partial charge in [0.15, 0.2) is 0 Å². The van der Waals surface area contributed by atoms with E-state index in [1.807, 2.05) is 31.2 Å². The third-order valence-corrected chi connectivity index (χ3v) is 3.78. The minimum atomic E-state index is -1.00. The average molecular weight is 287 g/mol. The molecular weight excluding hydrogens is 270 g/mol. The standard InChI is InChI=1S/C16H17NO4/c1-10-6-15(19)17(16(20)7-10)9-12(18)14-8-11-4-2-3-5-13(11)21-14/h2-5,8,10,12,18H,6-7,9H2,1H3. The molecule has 5 heteroatoms. The highest BCUT2D eigenvalue weighted by molar-refractivity contribution is 5.97. The monoisotopic (exact) mass is 287 g/mol. The molecule has 0 bridgehead atoms. The van der Waals surface area contributed by atoms with E-state index in [0.717, 1.165) is 10.3 Å². The van der Waals surface area contributed by atoms with E-state index in [2.05, 4.69) is 0 Å². The first kappa shape index (κ1) is 13.8. The second kappa shape index (κ2) is 5.33. The molecule has 1 aromatic carbocycles. The van der Waals surface area contributed by atoms with Crippen molar-refractivity contribution >= 4 is 22.8 Å². The Morgan fingerprint density at radius 3 is 2.62 bits per heavy atom. The normalized spacial score (nSPS) is 18.5. The average Bonchev–Trinajstić information content (AvgIpc) is 2.86. The molecule has 1 fully saturated rings. The lowest BCUT2D eigenvalue weighted by Crippen LogP contribution is -2.44. The number of benzene rings is 1. The van der Waals surface area contributed by atoms with E-state index >= 15 is 0 Å². The zero-order valence-electron chi connectivity index (χ0n) is 11.8. The SMILES string of the molecule is CC1CC(=O)N(CC(O)c2cc3ccccc3o2)C(=O)C1. The fourth-order valence-electron chi connectivity index (χ4n) is 2.66. The Kier molecular flexibility index (Phi) is 3.51. The fraction of sp³-hybridized carbons (Fsp3) is 0.375. The maximum atomic E-state index is 11.9. The Balaban J connectivity index is 1.77. The summed E-state index contributed by atoms with van der Waals surface area (Å²) in [5, 5.41) is 11.1. The maximum Gasteiger partial charge on any atom is 0.229 e. The Hall–Kier alpha value is -2.14. The largest absolute Gasteiger partial charge is 0.458 e. The Labute approximate surface area is 122 Å². The summed E-state index contributed by atoms with van der Waals surface area (Å²) in [6, 6.07) is 9.16. The molecule has 1 aliphatic rings. The van der Waals surface area contributed by atoms with Crippen molar-refractivity contribution in [3.05, 3.63) is 36.1 Å². The van der Waals surface area contributed by atoms with Gasteiger partial charge in [0.1, 0.15) is 17.4 Å². The molecule has 0 saturated carbocycles. The molecule has 0 spiro atoms. The van der Waals surface area contributed by atoms with Crippen molar-refractivity contribution in [2.75, 3.05) is 6.54 Å². The van der Waals surface area contributed by atoms with E-state index in [9.17, 15) is 14.7 Å². The Morgan fingerprint density at radius 2 is 1.95 bits per heavy atom. The molecule has 1 aliphatic heterocycles. The van der Waals surface area contributed by atoms with Crippen LogP contribution < -0.4 is 0 Å². The van der Waals surface area contributed by atoms with Crippen LogP contribution in [-0.4, -0.2) is 28.4 Å². The van der Waals surface area contributed by atoms with Crippen molar-refractivity contribution in [3.8, 4) is 0 Å². The van der Waals surface area contributed by atoms with E-state index in [-0.39, 0.29) is 24.3 Å². The first-order valence-corrected chi connectivity index (χ1v) is 7.04. The van der Waals surface area contributed by atoms with Gasteiger partial charge in [-0.2, -0.15) is 0 Å². The molecule has 2 heterocycles. The number of fused-ring (bicyclic) bond motifs is 1. The highest BCUT2D eigenvalue weighted by atomic mass is 16.4. The van der Waals surface area contributed by atoms with Crippen molar-refractivity contribution in [1.82, 2.24) is 4.90 Å². The molecule has 110 valence electrons. The van der Waals surface area contributed by atoms with Gasteiger partial charge in [-0.15, -0.1) is 0 Å². The lowest BCUT2D eigenvalue weighted by molar-refractivity contribution is -0.151. The molecule has 1 aromatic heterocycles. The highest BCUT2D eigenvalue weighted by Gasteiger charge is 2.32. The fourth-order valence-corrected chi connectivity index (χ4v) is 2.66. The number of carbonyl (C=O) groups excluding carboxylic acids is 2. The number of carbonyl (C=O) groups is 2. The van der Waals surface area contributed by atoms with Gasteiger partial charge in [0.2, 0.25) is 11.8 Å². The number of β-amino-alcohol motifs (C(OH)–C–C–N with tert-alkyl or cyclic N) is 1. The summed E-state index contributed by atoms with van der Waals surface area (Å²) in [4.78, 5) is 25.0. The molecule has 1 atom stereocenters. The van der Waals surface area contributed by atoms with Gasteiger partial charge in [-0.1, -0.05) is 25.1 Å². The van der Waals surface area contributed by atoms with Crippen molar-refractivity contribution in [2.24, 2.45) is 5.92 Å². The van der Waals surface area contributed by atoms with Crippen LogP contribution in [0.2, 0.25) is 0 Å². The number of rotatable bonds is 3. The predicted octanol–water partition coefficient (Wildman–Crippen LogP) is 2.25. The van der Waals surface area contributed by atoms with Crippen LogP contribution in [0.3, 0.4) is 0 Å². The lowest BCUT2D eigenvalue weighted by atomic mass is 9.97. The molecule has 2 amide bonds. The number of nitrogens with zero attached hydrogens (tertiary/aromatic N) is 1. The Morgan fingerprint density at radius 1 is 1.29 bits per heavy atom. The number of hydrogen-bond donors (Lipinski definition) is 1. The molecule has 1 unspecified atom stereocenters. The first-order chi connectivity index (χ1) is 10.0. The topological polar surface area (TPSA) is 70.8 Å². The van der Waals surface area contributed by atoms with Crippen molar-refractivity contribution < 1.29 is 19.1 Å². The van der Waals surface area contributed by atoms with Crippen molar-refractivity contribution in [2.45, 2.75) is 25.9 Å².